The number of carbonyl (C=O) groups is 3. The summed E-state index contributed by atoms with van der Waals surface area (Å²) >= 11 is 1.46. The van der Waals surface area contributed by atoms with Crippen molar-refractivity contribution in [2.75, 3.05) is 30.3 Å². The van der Waals surface area contributed by atoms with Gasteiger partial charge in [0, 0.05) is 10.6 Å². The monoisotopic (exact) mass is 423 g/mol. The molecule has 1 unspecified atom stereocenters. The van der Waals surface area contributed by atoms with E-state index in [-0.39, 0.29) is 12.5 Å². The Balaban J connectivity index is 2.18. The molecule has 8 nitrogen and oxygen atoms in total. The van der Waals surface area contributed by atoms with E-state index in [4.69, 9.17) is 10.5 Å². The summed E-state index contributed by atoms with van der Waals surface area (Å²) in [6.07, 6.45) is 3.06. The summed E-state index contributed by atoms with van der Waals surface area (Å²) in [6, 6.07) is 5.89. The Morgan fingerprint density at radius 3 is 2.79 bits per heavy atom. The van der Waals surface area contributed by atoms with E-state index in [0.717, 1.165) is 24.2 Å². The lowest BCUT2D eigenvalue weighted by Crippen LogP contribution is -2.54. The number of amides is 1. The van der Waals surface area contributed by atoms with Crippen LogP contribution in [0.15, 0.2) is 29.2 Å². The summed E-state index contributed by atoms with van der Waals surface area (Å²) in [4.78, 5) is 39.0. The average Bonchev–Trinajstić information content (AvgIpc) is 2.82. The summed E-state index contributed by atoms with van der Waals surface area (Å²) in [5.74, 6) is -1.46. The Morgan fingerprint density at radius 1 is 1.34 bits per heavy atom. The van der Waals surface area contributed by atoms with Crippen molar-refractivity contribution in [1.29, 1.82) is 0 Å². The number of fused-ring (bicyclic) bond motifs is 1. The van der Waals surface area contributed by atoms with Crippen molar-refractivity contribution in [3.05, 3.63) is 24.3 Å². The number of carbonyl (C=O) groups excluding carboxylic acids is 2. The van der Waals surface area contributed by atoms with Gasteiger partial charge in [0.1, 0.15) is 12.6 Å². The second kappa shape index (κ2) is 11.8. The zero-order valence-electron chi connectivity index (χ0n) is 16.6. The summed E-state index contributed by atoms with van der Waals surface area (Å²) in [5.41, 5.74) is 6.10. The summed E-state index contributed by atoms with van der Waals surface area (Å²) in [7, 11) is 0. The number of nitrogens with one attached hydrogen (secondary N) is 1. The van der Waals surface area contributed by atoms with Gasteiger partial charge in [-0.1, -0.05) is 25.0 Å². The number of rotatable bonds is 11. The zero-order valence-corrected chi connectivity index (χ0v) is 17.5. The molecule has 0 aromatic heterocycles. The van der Waals surface area contributed by atoms with Crippen LogP contribution in [0.3, 0.4) is 0 Å². The van der Waals surface area contributed by atoms with Gasteiger partial charge in [-0.15, -0.1) is 11.8 Å². The third-order valence-corrected chi connectivity index (χ3v) is 5.75. The summed E-state index contributed by atoms with van der Waals surface area (Å²) in [5, 5.41) is 12.4. The number of thioether (sulfide) groups is 1. The van der Waals surface area contributed by atoms with Crippen LogP contribution in [0.25, 0.3) is 0 Å². The maximum atomic E-state index is 13.2. The number of carboxylic acid groups (broad SMARTS) is 1. The molecule has 1 aromatic rings. The molecule has 1 aromatic carbocycles. The molecule has 0 radical (unpaired) electrons. The lowest BCUT2D eigenvalue weighted by molar-refractivity contribution is -0.146. The van der Waals surface area contributed by atoms with Crippen LogP contribution in [-0.4, -0.2) is 60.5 Å². The first-order valence-electron chi connectivity index (χ1n) is 9.85. The highest BCUT2D eigenvalue weighted by Gasteiger charge is 2.34. The van der Waals surface area contributed by atoms with Crippen molar-refractivity contribution in [3.8, 4) is 0 Å². The first-order valence-corrected chi connectivity index (χ1v) is 10.8. The molecule has 0 saturated carbocycles. The van der Waals surface area contributed by atoms with E-state index in [0.29, 0.717) is 24.4 Å². The Labute approximate surface area is 175 Å². The Kier molecular flexibility index (Phi) is 9.43. The molecule has 0 fully saturated rings. The van der Waals surface area contributed by atoms with Gasteiger partial charge in [0.05, 0.1) is 18.3 Å². The molecule has 2 atom stereocenters. The third kappa shape index (κ3) is 6.73. The van der Waals surface area contributed by atoms with Gasteiger partial charge in [-0.2, -0.15) is 0 Å². The minimum Gasteiger partial charge on any atom is -0.480 e. The summed E-state index contributed by atoms with van der Waals surface area (Å²) in [6.45, 7) is 2.15. The number of hydrogen-bond acceptors (Lipinski definition) is 7. The zero-order chi connectivity index (χ0) is 21.2. The highest BCUT2D eigenvalue weighted by atomic mass is 32.2. The number of esters is 1. The van der Waals surface area contributed by atoms with Gasteiger partial charge in [-0.05, 0) is 38.4 Å². The molecule has 0 saturated heterocycles. The molecular formula is C20H29N3O5S. The number of benzene rings is 1. The van der Waals surface area contributed by atoms with Gasteiger partial charge in [0.2, 0.25) is 5.91 Å². The van der Waals surface area contributed by atoms with Crippen LogP contribution in [-0.2, 0) is 19.1 Å². The number of nitrogens with two attached hydrogens (primary N) is 1. The number of carboxylic acids is 1. The van der Waals surface area contributed by atoms with Crippen LogP contribution in [0.4, 0.5) is 5.69 Å². The van der Waals surface area contributed by atoms with E-state index in [2.05, 4.69) is 5.32 Å². The molecule has 1 aliphatic heterocycles. The van der Waals surface area contributed by atoms with Crippen LogP contribution < -0.4 is 16.0 Å². The number of aliphatic carboxylic acids is 1. The minimum absolute atomic E-state index is 0.254. The highest BCUT2D eigenvalue weighted by molar-refractivity contribution is 7.99. The number of hydrogen-bond donors (Lipinski definition) is 3. The fraction of sp³-hybridized carbons (Fsp3) is 0.550. The van der Waals surface area contributed by atoms with Crippen molar-refractivity contribution in [3.63, 3.8) is 0 Å². The first kappa shape index (κ1) is 23.2. The largest absolute Gasteiger partial charge is 0.480 e. The molecule has 9 heteroatoms. The number of anilines is 1. The Morgan fingerprint density at radius 2 is 2.10 bits per heavy atom. The predicted molar refractivity (Wildman–Crippen MR) is 112 cm³/mol. The van der Waals surface area contributed by atoms with Crippen LogP contribution >= 0.6 is 11.8 Å². The third-order valence-electron chi connectivity index (χ3n) is 4.59. The molecule has 4 N–H and O–H groups in total. The van der Waals surface area contributed by atoms with Crippen LogP contribution in [0.2, 0.25) is 0 Å². The minimum atomic E-state index is -1.09. The number of nitrogens with zero attached hydrogens (tertiary/aromatic N) is 1. The average molecular weight is 424 g/mol. The van der Waals surface area contributed by atoms with E-state index >= 15 is 0 Å². The second-order valence-electron chi connectivity index (χ2n) is 6.76. The molecule has 1 heterocycles. The van der Waals surface area contributed by atoms with E-state index < -0.39 is 30.6 Å². The molecule has 0 bridgehead atoms. The maximum Gasteiger partial charge on any atom is 0.323 e. The van der Waals surface area contributed by atoms with E-state index in [1.807, 2.05) is 12.1 Å². The second-order valence-corrected chi connectivity index (χ2v) is 7.82. The lowest BCUT2D eigenvalue weighted by Gasteiger charge is -2.27. The predicted octanol–water partition coefficient (Wildman–Crippen LogP) is 1.62. The fourth-order valence-electron chi connectivity index (χ4n) is 3.20. The van der Waals surface area contributed by atoms with Gasteiger partial charge in [0.15, 0.2) is 0 Å². The van der Waals surface area contributed by atoms with Gasteiger partial charge in [-0.3, -0.25) is 24.6 Å². The molecule has 2 rings (SSSR count). The van der Waals surface area contributed by atoms with Gasteiger partial charge in [0.25, 0.3) is 0 Å². The molecule has 0 spiro atoms. The van der Waals surface area contributed by atoms with Crippen molar-refractivity contribution in [2.45, 2.75) is 49.6 Å². The van der Waals surface area contributed by atoms with Crippen molar-refractivity contribution in [2.24, 2.45) is 5.73 Å². The van der Waals surface area contributed by atoms with Crippen molar-refractivity contribution >= 4 is 35.3 Å². The SMILES string of the molecule is CCOC(=O)[C@@H](CCCCCN)NC1CSc2ccccc2N(CC(=O)O)C1=O. The Hall–Kier alpha value is -2.10. The highest BCUT2D eigenvalue weighted by Crippen LogP contribution is 2.34. The number of para-hydroxylation sites is 1. The molecule has 0 aliphatic carbocycles. The van der Waals surface area contributed by atoms with Gasteiger partial charge in [-0.25, -0.2) is 0 Å². The van der Waals surface area contributed by atoms with Crippen molar-refractivity contribution < 1.29 is 24.2 Å². The number of unbranched alkanes of at least 4 members (excludes halogenated alkanes) is 2. The molecule has 29 heavy (non-hydrogen) atoms. The van der Waals surface area contributed by atoms with Crippen molar-refractivity contribution in [1.82, 2.24) is 5.32 Å². The van der Waals surface area contributed by atoms with Crippen LogP contribution in [0.5, 0.6) is 0 Å². The fourth-order valence-corrected chi connectivity index (χ4v) is 4.28. The standard InChI is InChI=1S/C20H29N3O5S/c1-2-28-20(27)14(8-4-3-7-11-21)22-15-13-29-17-10-6-5-9-16(17)23(19(15)26)12-18(24)25/h5-6,9-10,14-15,22H,2-4,7-8,11-13,21H2,1H3,(H,24,25)/t14-,15?/m1/s1. The van der Waals surface area contributed by atoms with E-state index in [1.54, 1.807) is 19.1 Å². The molecule has 1 amide bonds. The molecule has 1 aliphatic rings. The normalized spacial score (nSPS) is 17.4. The molecule has 160 valence electrons. The topological polar surface area (TPSA) is 122 Å². The van der Waals surface area contributed by atoms with E-state index in [9.17, 15) is 19.5 Å². The number of ether oxygens (including phenoxy) is 1. The lowest BCUT2D eigenvalue weighted by atomic mass is 10.1. The quantitative estimate of drug-likeness (QED) is 0.363. The van der Waals surface area contributed by atoms with Crippen LogP contribution in [0.1, 0.15) is 32.6 Å². The molecular weight excluding hydrogens is 394 g/mol. The first-order chi connectivity index (χ1) is 14.0. The maximum absolute atomic E-state index is 13.2. The van der Waals surface area contributed by atoms with Gasteiger partial charge < -0.3 is 15.6 Å². The van der Waals surface area contributed by atoms with E-state index in [1.165, 1.54) is 16.7 Å². The Bertz CT molecular complexity index is 715. The smallest absolute Gasteiger partial charge is 0.323 e. The van der Waals surface area contributed by atoms with Gasteiger partial charge >= 0.3 is 11.9 Å². The van der Waals surface area contributed by atoms with Crippen LogP contribution in [0, 0.1) is 0 Å². The summed E-state index contributed by atoms with van der Waals surface area (Å²) < 4.78 is 5.17.